The van der Waals surface area contributed by atoms with Crippen molar-refractivity contribution >= 4 is 23.1 Å². The summed E-state index contributed by atoms with van der Waals surface area (Å²) >= 11 is 6.17. The summed E-state index contributed by atoms with van der Waals surface area (Å²) in [6.45, 7) is 1.10. The normalized spacial score (nSPS) is 19.5. The van der Waals surface area contributed by atoms with Gasteiger partial charge in [-0.05, 0) is 37.8 Å². The van der Waals surface area contributed by atoms with Crippen molar-refractivity contribution in [3.05, 3.63) is 28.8 Å². The van der Waals surface area contributed by atoms with Gasteiger partial charge in [-0.2, -0.15) is 0 Å². The first kappa shape index (κ1) is 14.2. The SMILES string of the molecule is N=C(N)c1c(Cl)cccc1N1CCCCC1CCO. The summed E-state index contributed by atoms with van der Waals surface area (Å²) in [7, 11) is 0. The van der Waals surface area contributed by atoms with E-state index >= 15 is 0 Å². The molecule has 104 valence electrons. The average Bonchev–Trinajstić information content (AvgIpc) is 2.39. The fraction of sp³-hybridized carbons (Fsp3) is 0.500. The number of aliphatic hydroxyl groups is 1. The molecule has 1 heterocycles. The van der Waals surface area contributed by atoms with Gasteiger partial charge >= 0.3 is 0 Å². The summed E-state index contributed by atoms with van der Waals surface area (Å²) in [5.41, 5.74) is 7.18. The lowest BCUT2D eigenvalue weighted by molar-refractivity contribution is 0.262. The molecule has 0 aliphatic carbocycles. The lowest BCUT2D eigenvalue weighted by Crippen LogP contribution is -2.41. The number of piperidine rings is 1. The number of benzene rings is 1. The maximum Gasteiger partial charge on any atom is 0.126 e. The third kappa shape index (κ3) is 3.01. The van der Waals surface area contributed by atoms with Crippen LogP contribution >= 0.6 is 11.6 Å². The maximum atomic E-state index is 9.20. The highest BCUT2D eigenvalue weighted by Crippen LogP contribution is 2.32. The summed E-state index contributed by atoms with van der Waals surface area (Å²) in [6, 6.07) is 5.90. The monoisotopic (exact) mass is 281 g/mol. The minimum atomic E-state index is -0.00563. The van der Waals surface area contributed by atoms with Crippen LogP contribution in [0.2, 0.25) is 5.02 Å². The Kier molecular flexibility index (Phi) is 4.66. The number of nitrogens with one attached hydrogen (secondary N) is 1. The quantitative estimate of drug-likeness (QED) is 0.586. The zero-order valence-electron chi connectivity index (χ0n) is 10.9. The van der Waals surface area contributed by atoms with Gasteiger partial charge in [0.15, 0.2) is 0 Å². The molecule has 19 heavy (non-hydrogen) atoms. The van der Waals surface area contributed by atoms with E-state index < -0.39 is 0 Å². The van der Waals surface area contributed by atoms with E-state index in [0.717, 1.165) is 31.5 Å². The van der Waals surface area contributed by atoms with E-state index in [9.17, 15) is 5.11 Å². The van der Waals surface area contributed by atoms with E-state index in [-0.39, 0.29) is 12.4 Å². The summed E-state index contributed by atoms with van der Waals surface area (Å²) in [5, 5.41) is 17.4. The molecule has 0 spiro atoms. The molecular weight excluding hydrogens is 262 g/mol. The fourth-order valence-electron chi connectivity index (χ4n) is 2.79. The Bertz CT molecular complexity index is 462. The van der Waals surface area contributed by atoms with Crippen molar-refractivity contribution in [2.45, 2.75) is 31.7 Å². The second-order valence-corrected chi connectivity index (χ2v) is 5.31. The van der Waals surface area contributed by atoms with Gasteiger partial charge in [-0.25, -0.2) is 0 Å². The highest BCUT2D eigenvalue weighted by atomic mass is 35.5. The van der Waals surface area contributed by atoms with Crippen LogP contribution in [-0.2, 0) is 0 Å². The fourth-order valence-corrected chi connectivity index (χ4v) is 3.06. The van der Waals surface area contributed by atoms with Crippen molar-refractivity contribution in [3.63, 3.8) is 0 Å². The van der Waals surface area contributed by atoms with Crippen molar-refractivity contribution in [3.8, 4) is 0 Å². The highest BCUT2D eigenvalue weighted by Gasteiger charge is 2.25. The van der Waals surface area contributed by atoms with Crippen LogP contribution in [0.25, 0.3) is 0 Å². The number of hydrogen-bond donors (Lipinski definition) is 3. The lowest BCUT2D eigenvalue weighted by atomic mass is 9.97. The van der Waals surface area contributed by atoms with Gasteiger partial charge in [-0.3, -0.25) is 5.41 Å². The topological polar surface area (TPSA) is 73.3 Å². The summed E-state index contributed by atoms with van der Waals surface area (Å²) in [6.07, 6.45) is 4.09. The average molecular weight is 282 g/mol. The van der Waals surface area contributed by atoms with Crippen LogP contribution in [-0.4, -0.2) is 30.1 Å². The molecule has 4 nitrogen and oxygen atoms in total. The molecule has 0 saturated carbocycles. The second-order valence-electron chi connectivity index (χ2n) is 4.90. The van der Waals surface area contributed by atoms with Crippen molar-refractivity contribution in [2.75, 3.05) is 18.1 Å². The largest absolute Gasteiger partial charge is 0.396 e. The first-order chi connectivity index (χ1) is 9.15. The molecule has 0 aromatic heterocycles. The number of rotatable bonds is 4. The van der Waals surface area contributed by atoms with Crippen LogP contribution in [0.4, 0.5) is 5.69 Å². The lowest BCUT2D eigenvalue weighted by Gasteiger charge is -2.38. The number of halogens is 1. The van der Waals surface area contributed by atoms with Gasteiger partial charge in [-0.1, -0.05) is 17.7 Å². The molecular formula is C14H20ClN3O. The molecule has 2 rings (SSSR count). The zero-order chi connectivity index (χ0) is 13.8. The number of hydrogen-bond acceptors (Lipinski definition) is 3. The number of anilines is 1. The minimum absolute atomic E-state index is 0.00563. The van der Waals surface area contributed by atoms with E-state index in [1.54, 1.807) is 6.07 Å². The molecule has 1 saturated heterocycles. The molecule has 1 atom stereocenters. The van der Waals surface area contributed by atoms with E-state index in [1.165, 1.54) is 6.42 Å². The minimum Gasteiger partial charge on any atom is -0.396 e. The number of amidine groups is 1. The molecule has 1 aromatic rings. The Hall–Kier alpha value is -1.26. The van der Waals surface area contributed by atoms with Crippen molar-refractivity contribution in [1.82, 2.24) is 0 Å². The van der Waals surface area contributed by atoms with Crippen LogP contribution in [0, 0.1) is 5.41 Å². The third-order valence-electron chi connectivity index (χ3n) is 3.66. The number of nitrogens with two attached hydrogens (primary N) is 1. The van der Waals surface area contributed by atoms with Gasteiger partial charge < -0.3 is 15.7 Å². The van der Waals surface area contributed by atoms with Gasteiger partial charge in [0.05, 0.1) is 10.6 Å². The summed E-state index contributed by atoms with van der Waals surface area (Å²) in [5.74, 6) is -0.00563. The predicted molar refractivity (Wildman–Crippen MR) is 79.2 cm³/mol. The molecule has 1 aliphatic heterocycles. The summed E-state index contributed by atoms with van der Waals surface area (Å²) in [4.78, 5) is 2.24. The van der Waals surface area contributed by atoms with Crippen LogP contribution in [0.1, 0.15) is 31.2 Å². The van der Waals surface area contributed by atoms with E-state index in [1.807, 2.05) is 12.1 Å². The Balaban J connectivity index is 2.38. The molecule has 1 fully saturated rings. The highest BCUT2D eigenvalue weighted by molar-refractivity contribution is 6.34. The van der Waals surface area contributed by atoms with Crippen LogP contribution < -0.4 is 10.6 Å². The van der Waals surface area contributed by atoms with Gasteiger partial charge in [-0.15, -0.1) is 0 Å². The maximum absolute atomic E-state index is 9.20. The Morgan fingerprint density at radius 1 is 1.47 bits per heavy atom. The Morgan fingerprint density at radius 3 is 2.95 bits per heavy atom. The van der Waals surface area contributed by atoms with Crippen molar-refractivity contribution < 1.29 is 5.11 Å². The second kappa shape index (κ2) is 6.26. The van der Waals surface area contributed by atoms with E-state index in [0.29, 0.717) is 16.6 Å². The third-order valence-corrected chi connectivity index (χ3v) is 3.97. The standard InChI is InChI=1S/C14H20ClN3O/c15-11-5-3-6-12(13(11)14(16)17)18-8-2-1-4-10(18)7-9-19/h3,5-6,10,19H,1-2,4,7-9H2,(H3,16,17). The molecule has 1 unspecified atom stereocenters. The molecule has 0 amide bonds. The van der Waals surface area contributed by atoms with Gasteiger partial charge in [0, 0.05) is 24.9 Å². The van der Waals surface area contributed by atoms with Crippen LogP contribution in [0.3, 0.4) is 0 Å². The summed E-state index contributed by atoms with van der Waals surface area (Å²) < 4.78 is 0. The number of aliphatic hydroxyl groups excluding tert-OH is 1. The van der Waals surface area contributed by atoms with E-state index in [4.69, 9.17) is 22.7 Å². The molecule has 0 radical (unpaired) electrons. The van der Waals surface area contributed by atoms with Crippen LogP contribution in [0.15, 0.2) is 18.2 Å². The van der Waals surface area contributed by atoms with E-state index in [2.05, 4.69) is 4.90 Å². The van der Waals surface area contributed by atoms with Crippen LogP contribution in [0.5, 0.6) is 0 Å². The molecule has 5 heteroatoms. The first-order valence-corrected chi connectivity index (χ1v) is 7.03. The predicted octanol–water partition coefficient (Wildman–Crippen LogP) is 2.37. The number of nitrogens with zero attached hydrogens (tertiary/aromatic N) is 1. The Morgan fingerprint density at radius 2 is 2.26 bits per heavy atom. The Labute approximate surface area is 118 Å². The van der Waals surface area contributed by atoms with Crippen molar-refractivity contribution in [2.24, 2.45) is 5.73 Å². The zero-order valence-corrected chi connectivity index (χ0v) is 11.7. The first-order valence-electron chi connectivity index (χ1n) is 6.65. The van der Waals surface area contributed by atoms with Gasteiger partial charge in [0.1, 0.15) is 5.84 Å². The molecule has 1 aliphatic rings. The molecule has 1 aromatic carbocycles. The molecule has 0 bridgehead atoms. The number of nitrogen functional groups attached to an aromatic ring is 1. The molecule has 4 N–H and O–H groups in total. The van der Waals surface area contributed by atoms with Gasteiger partial charge in [0.2, 0.25) is 0 Å². The smallest absolute Gasteiger partial charge is 0.126 e. The van der Waals surface area contributed by atoms with Gasteiger partial charge in [0.25, 0.3) is 0 Å². The van der Waals surface area contributed by atoms with Crippen molar-refractivity contribution in [1.29, 1.82) is 5.41 Å².